The molecule has 0 aliphatic heterocycles. The molecule has 7 nitrogen and oxygen atoms in total. The summed E-state index contributed by atoms with van der Waals surface area (Å²) in [5.74, 6) is -1.02. The number of aliphatic carboxylic acids is 1. The lowest BCUT2D eigenvalue weighted by atomic mass is 9.90. The van der Waals surface area contributed by atoms with E-state index in [1.54, 1.807) is 13.8 Å². The molecule has 0 aromatic heterocycles. The Labute approximate surface area is 193 Å². The molecular formula is C26H30N2O5. The molecule has 7 heteroatoms. The fourth-order valence-corrected chi connectivity index (χ4v) is 4.39. The first kappa shape index (κ1) is 22.8. The van der Waals surface area contributed by atoms with E-state index >= 15 is 0 Å². The van der Waals surface area contributed by atoms with Crippen molar-refractivity contribution in [1.29, 1.82) is 0 Å². The molecular weight excluding hydrogens is 420 g/mol. The number of hydrogen-bond donors (Lipinski definition) is 3. The molecule has 0 radical (unpaired) electrons. The number of carbonyl (C=O) groups excluding carboxylic acids is 2. The molecule has 33 heavy (non-hydrogen) atoms. The molecule has 1 saturated carbocycles. The number of alkyl carbamates (subject to hydrolysis) is 1. The van der Waals surface area contributed by atoms with Crippen molar-refractivity contribution in [3.8, 4) is 11.1 Å². The van der Waals surface area contributed by atoms with Gasteiger partial charge in [-0.05, 0) is 54.9 Å². The van der Waals surface area contributed by atoms with Gasteiger partial charge in [0.2, 0.25) is 5.91 Å². The molecule has 174 valence electrons. The van der Waals surface area contributed by atoms with Crippen molar-refractivity contribution in [3.05, 3.63) is 59.7 Å². The van der Waals surface area contributed by atoms with Gasteiger partial charge in [-0.2, -0.15) is 0 Å². The molecule has 0 spiro atoms. The highest BCUT2D eigenvalue weighted by Crippen LogP contribution is 2.44. The maximum absolute atomic E-state index is 12.3. The van der Waals surface area contributed by atoms with E-state index in [1.807, 2.05) is 24.3 Å². The fourth-order valence-electron chi connectivity index (χ4n) is 4.39. The van der Waals surface area contributed by atoms with Crippen molar-refractivity contribution in [1.82, 2.24) is 10.6 Å². The van der Waals surface area contributed by atoms with Crippen molar-refractivity contribution in [2.75, 3.05) is 19.7 Å². The van der Waals surface area contributed by atoms with E-state index in [2.05, 4.69) is 34.9 Å². The third-order valence-electron chi connectivity index (χ3n) is 6.74. The summed E-state index contributed by atoms with van der Waals surface area (Å²) in [6.07, 6.45) is 0.590. The van der Waals surface area contributed by atoms with Gasteiger partial charge in [0.25, 0.3) is 0 Å². The Kier molecular flexibility index (Phi) is 6.40. The molecule has 0 heterocycles. The van der Waals surface area contributed by atoms with Crippen LogP contribution in [-0.4, -0.2) is 42.8 Å². The van der Waals surface area contributed by atoms with E-state index in [1.165, 1.54) is 11.1 Å². The van der Waals surface area contributed by atoms with Crippen LogP contribution < -0.4 is 10.6 Å². The van der Waals surface area contributed by atoms with Gasteiger partial charge in [-0.1, -0.05) is 48.5 Å². The number of amides is 2. The summed E-state index contributed by atoms with van der Waals surface area (Å²) < 4.78 is 5.53. The lowest BCUT2D eigenvalue weighted by molar-refractivity contribution is -0.147. The lowest BCUT2D eigenvalue weighted by Crippen LogP contribution is -2.33. The van der Waals surface area contributed by atoms with E-state index < -0.39 is 17.5 Å². The summed E-state index contributed by atoms with van der Waals surface area (Å²) in [5, 5.41) is 14.7. The Morgan fingerprint density at radius 2 is 1.61 bits per heavy atom. The normalized spacial score (nSPS) is 18.7. The van der Waals surface area contributed by atoms with E-state index in [-0.39, 0.29) is 30.3 Å². The lowest BCUT2D eigenvalue weighted by Gasteiger charge is -2.18. The quantitative estimate of drug-likeness (QED) is 0.539. The highest BCUT2D eigenvalue weighted by Gasteiger charge is 2.43. The topological polar surface area (TPSA) is 105 Å². The highest BCUT2D eigenvalue weighted by atomic mass is 16.5. The second-order valence-corrected chi connectivity index (χ2v) is 9.54. The summed E-state index contributed by atoms with van der Waals surface area (Å²) in [6, 6.07) is 16.4. The minimum atomic E-state index is -0.881. The Hall–Kier alpha value is -3.35. The number of rotatable bonds is 9. The minimum Gasteiger partial charge on any atom is -0.481 e. The Morgan fingerprint density at radius 3 is 2.21 bits per heavy atom. The summed E-state index contributed by atoms with van der Waals surface area (Å²) in [6.45, 7) is 4.24. The Bertz CT molecular complexity index is 1020. The SMILES string of the molecule is CC(C)(CCNC(=O)C1CC1CNC(=O)OCC1c2ccccc2-c2ccccc21)C(=O)O. The number of carbonyl (C=O) groups is 3. The van der Waals surface area contributed by atoms with Gasteiger partial charge in [0.1, 0.15) is 6.61 Å². The first-order valence-electron chi connectivity index (χ1n) is 11.4. The maximum Gasteiger partial charge on any atom is 0.407 e. The molecule has 2 aliphatic carbocycles. The molecule has 3 N–H and O–H groups in total. The average Bonchev–Trinajstić information content (AvgIpc) is 3.51. The summed E-state index contributed by atoms with van der Waals surface area (Å²) in [4.78, 5) is 35.7. The van der Waals surface area contributed by atoms with E-state index in [4.69, 9.17) is 9.84 Å². The second kappa shape index (κ2) is 9.25. The molecule has 2 amide bonds. The van der Waals surface area contributed by atoms with Crippen LogP contribution in [0, 0.1) is 17.3 Å². The van der Waals surface area contributed by atoms with Crippen LogP contribution in [0.5, 0.6) is 0 Å². The zero-order chi connectivity index (χ0) is 23.6. The average molecular weight is 451 g/mol. The van der Waals surface area contributed by atoms with E-state index in [9.17, 15) is 14.4 Å². The third-order valence-corrected chi connectivity index (χ3v) is 6.74. The van der Waals surface area contributed by atoms with Crippen LogP contribution in [0.25, 0.3) is 11.1 Å². The number of fused-ring (bicyclic) bond motifs is 3. The predicted octanol–water partition coefficient (Wildman–Crippen LogP) is 3.78. The van der Waals surface area contributed by atoms with Crippen molar-refractivity contribution in [3.63, 3.8) is 0 Å². The predicted molar refractivity (Wildman–Crippen MR) is 124 cm³/mol. The van der Waals surface area contributed by atoms with E-state index in [0.717, 1.165) is 11.1 Å². The number of carboxylic acid groups (broad SMARTS) is 1. The van der Waals surface area contributed by atoms with Gasteiger partial charge in [0, 0.05) is 24.9 Å². The molecule has 2 aliphatic rings. The second-order valence-electron chi connectivity index (χ2n) is 9.54. The molecule has 2 aromatic carbocycles. The number of carboxylic acids is 1. The standard InChI is InChI=1S/C26H30N2O5/c1-26(2,24(30)31)11-12-27-23(29)21-13-16(21)14-28-25(32)33-15-22-19-9-5-3-7-17(19)18-8-4-6-10-20(18)22/h3-10,16,21-22H,11-15H2,1-2H3,(H,27,29)(H,28,32)(H,30,31). The third kappa shape index (κ3) is 5.02. The van der Waals surface area contributed by atoms with Gasteiger partial charge < -0.3 is 20.5 Å². The largest absolute Gasteiger partial charge is 0.481 e. The molecule has 0 saturated heterocycles. The number of benzene rings is 2. The first-order chi connectivity index (χ1) is 15.8. The number of hydrogen-bond acceptors (Lipinski definition) is 4. The van der Waals surface area contributed by atoms with Crippen LogP contribution in [0.1, 0.15) is 43.7 Å². The van der Waals surface area contributed by atoms with Crippen LogP contribution in [-0.2, 0) is 14.3 Å². The minimum absolute atomic E-state index is 0.0117. The van der Waals surface area contributed by atoms with Crippen LogP contribution in [0.15, 0.2) is 48.5 Å². The molecule has 2 unspecified atom stereocenters. The van der Waals surface area contributed by atoms with E-state index in [0.29, 0.717) is 25.9 Å². The van der Waals surface area contributed by atoms with Crippen molar-refractivity contribution in [2.24, 2.45) is 17.3 Å². The van der Waals surface area contributed by atoms with Gasteiger partial charge >= 0.3 is 12.1 Å². The molecule has 1 fully saturated rings. The van der Waals surface area contributed by atoms with Gasteiger partial charge in [-0.15, -0.1) is 0 Å². The van der Waals surface area contributed by atoms with Gasteiger partial charge in [-0.3, -0.25) is 9.59 Å². The first-order valence-corrected chi connectivity index (χ1v) is 11.4. The zero-order valence-electron chi connectivity index (χ0n) is 19.0. The summed E-state index contributed by atoms with van der Waals surface area (Å²) in [7, 11) is 0. The summed E-state index contributed by atoms with van der Waals surface area (Å²) >= 11 is 0. The van der Waals surface area contributed by atoms with Gasteiger partial charge in [0.15, 0.2) is 0 Å². The molecule has 0 bridgehead atoms. The monoisotopic (exact) mass is 450 g/mol. The zero-order valence-corrected chi connectivity index (χ0v) is 19.0. The van der Waals surface area contributed by atoms with Crippen molar-refractivity contribution < 1.29 is 24.2 Å². The molecule has 4 rings (SSSR count). The van der Waals surface area contributed by atoms with Crippen molar-refractivity contribution >= 4 is 18.0 Å². The number of nitrogens with one attached hydrogen (secondary N) is 2. The van der Waals surface area contributed by atoms with Crippen LogP contribution in [0.4, 0.5) is 4.79 Å². The Balaban J connectivity index is 1.20. The fraction of sp³-hybridized carbons (Fsp3) is 0.423. The van der Waals surface area contributed by atoms with Crippen molar-refractivity contribution in [2.45, 2.75) is 32.6 Å². The smallest absolute Gasteiger partial charge is 0.407 e. The van der Waals surface area contributed by atoms with Gasteiger partial charge in [0.05, 0.1) is 5.41 Å². The van der Waals surface area contributed by atoms with Gasteiger partial charge in [-0.25, -0.2) is 4.79 Å². The molecule has 2 atom stereocenters. The molecule has 2 aromatic rings. The maximum atomic E-state index is 12.3. The van der Waals surface area contributed by atoms with Crippen LogP contribution in [0.3, 0.4) is 0 Å². The highest BCUT2D eigenvalue weighted by molar-refractivity contribution is 5.82. The van der Waals surface area contributed by atoms with Crippen LogP contribution in [0.2, 0.25) is 0 Å². The summed E-state index contributed by atoms with van der Waals surface area (Å²) in [5.41, 5.74) is 3.82. The number of ether oxygens (including phenoxy) is 1. The van der Waals surface area contributed by atoms with Crippen LogP contribution >= 0.6 is 0 Å². The Morgan fingerprint density at radius 1 is 1.00 bits per heavy atom.